The van der Waals surface area contributed by atoms with E-state index >= 15 is 0 Å². The molecule has 3 rings (SSSR count). The molecule has 0 saturated heterocycles. The van der Waals surface area contributed by atoms with Crippen LogP contribution in [0.1, 0.15) is 19.0 Å². The van der Waals surface area contributed by atoms with Crippen LogP contribution in [0.3, 0.4) is 0 Å². The Hall–Kier alpha value is -3.00. The quantitative estimate of drug-likeness (QED) is 0.545. The highest BCUT2D eigenvalue weighted by atomic mass is 32.2. The molecule has 0 atom stereocenters. The zero-order valence-electron chi connectivity index (χ0n) is 14.9. The van der Waals surface area contributed by atoms with Gasteiger partial charge in [0.1, 0.15) is 0 Å². The Morgan fingerprint density at radius 3 is 2.67 bits per heavy atom. The summed E-state index contributed by atoms with van der Waals surface area (Å²) in [5.41, 5.74) is 3.36. The summed E-state index contributed by atoms with van der Waals surface area (Å²) in [7, 11) is -3.29. The molecule has 8 heteroatoms. The Kier molecular flexibility index (Phi) is 5.09. The van der Waals surface area contributed by atoms with Gasteiger partial charge in [-0.15, -0.1) is 0 Å². The van der Waals surface area contributed by atoms with E-state index in [1.807, 2.05) is 25.1 Å². The van der Waals surface area contributed by atoms with E-state index in [2.05, 4.69) is 15.5 Å². The van der Waals surface area contributed by atoms with E-state index in [-0.39, 0.29) is 4.90 Å². The molecule has 0 bridgehead atoms. The van der Waals surface area contributed by atoms with E-state index in [1.165, 1.54) is 0 Å². The highest BCUT2D eigenvalue weighted by molar-refractivity contribution is 7.90. The number of anilines is 2. The lowest BCUT2D eigenvalue weighted by atomic mass is 10.0. The molecular weight excluding hydrogens is 367 g/mol. The molecule has 0 fully saturated rings. The van der Waals surface area contributed by atoms with Crippen LogP contribution in [-0.2, 0) is 9.84 Å². The average Bonchev–Trinajstić information content (AvgIpc) is 3.02. The number of benzene rings is 2. The molecule has 1 heterocycles. The molecule has 3 N–H and O–H groups in total. The second-order valence-corrected chi connectivity index (χ2v) is 8.14. The smallest absolute Gasteiger partial charge is 0.205 e. The van der Waals surface area contributed by atoms with Crippen molar-refractivity contribution in [3.63, 3.8) is 0 Å². The van der Waals surface area contributed by atoms with Gasteiger partial charge in [0, 0.05) is 23.0 Å². The third-order valence-corrected chi connectivity index (χ3v) is 5.21. The maximum Gasteiger partial charge on any atom is 0.205 e. The summed E-state index contributed by atoms with van der Waals surface area (Å²) < 4.78 is 36.5. The number of rotatable bonds is 6. The van der Waals surface area contributed by atoms with Gasteiger partial charge in [-0.1, -0.05) is 13.0 Å². The lowest BCUT2D eigenvalue weighted by Gasteiger charge is -2.09. The Bertz CT molecular complexity index is 1150. The molecule has 3 aromatic rings. The molecule has 0 unspecified atom stereocenters. The molecule has 0 aliphatic heterocycles. The van der Waals surface area contributed by atoms with Gasteiger partial charge in [0.15, 0.2) is 9.84 Å². The molecule has 0 saturated carbocycles. The highest BCUT2D eigenvalue weighted by Crippen LogP contribution is 2.29. The average molecular weight is 386 g/mol. The number of hydrogen-bond acceptors (Lipinski definition) is 5. The van der Waals surface area contributed by atoms with Crippen LogP contribution in [0.25, 0.3) is 16.5 Å². The Balaban J connectivity index is 2.00. The summed E-state index contributed by atoms with van der Waals surface area (Å²) in [6.07, 6.45) is 2.85. The summed E-state index contributed by atoms with van der Waals surface area (Å²) in [5.74, 6) is -1.02. The van der Waals surface area contributed by atoms with Crippen LogP contribution in [0.4, 0.5) is 15.8 Å². The van der Waals surface area contributed by atoms with Crippen molar-refractivity contribution < 1.29 is 12.8 Å². The molecule has 6 nitrogen and oxygen atoms in total. The number of nitrogens with one attached hydrogen (secondary N) is 3. The predicted molar refractivity (Wildman–Crippen MR) is 106 cm³/mol. The zero-order chi connectivity index (χ0) is 19.6. The molecule has 0 aliphatic rings. The summed E-state index contributed by atoms with van der Waals surface area (Å²) in [5, 5.41) is 18.2. The van der Waals surface area contributed by atoms with Gasteiger partial charge in [-0.25, -0.2) is 8.42 Å². The van der Waals surface area contributed by atoms with Gasteiger partial charge in [0.25, 0.3) is 0 Å². The predicted octanol–water partition coefficient (Wildman–Crippen LogP) is 4.45. The van der Waals surface area contributed by atoms with Gasteiger partial charge in [-0.3, -0.25) is 10.5 Å². The molecule has 2 aromatic carbocycles. The highest BCUT2D eigenvalue weighted by Gasteiger charge is 2.12. The van der Waals surface area contributed by atoms with Crippen molar-refractivity contribution in [1.29, 1.82) is 5.41 Å². The molecule has 0 spiro atoms. The zero-order valence-corrected chi connectivity index (χ0v) is 15.7. The third-order valence-electron chi connectivity index (χ3n) is 4.10. The standard InChI is InChI=1S/C19H19FN4O2S/c1-3-12(9-18(20)21)19-16-11-14(7-8-17(16)23-24-19)22-13-5-4-6-15(10-13)27(2,25)26/h4-11,21-22H,3H2,1-2H3,(H,23,24)/b12-9+,21-18?. The second kappa shape index (κ2) is 7.32. The van der Waals surface area contributed by atoms with Gasteiger partial charge in [0.2, 0.25) is 5.97 Å². The van der Waals surface area contributed by atoms with E-state index in [0.717, 1.165) is 28.9 Å². The van der Waals surface area contributed by atoms with Crippen molar-refractivity contribution in [3.8, 4) is 0 Å². The molecule has 1 aromatic heterocycles. The number of fused-ring (bicyclic) bond motifs is 1. The molecular formula is C19H19FN4O2S. The fraction of sp³-hybridized carbons (Fsp3) is 0.158. The molecule has 140 valence electrons. The van der Waals surface area contributed by atoms with Crippen LogP contribution >= 0.6 is 0 Å². The van der Waals surface area contributed by atoms with E-state index in [9.17, 15) is 12.8 Å². The first-order chi connectivity index (χ1) is 12.8. The summed E-state index contributed by atoms with van der Waals surface area (Å²) in [4.78, 5) is 0.232. The van der Waals surface area contributed by atoms with Gasteiger partial charge in [-0.2, -0.15) is 9.49 Å². The SMILES string of the molecule is CC/C(=C\C(=N)F)c1n[nH]c2ccc(Nc3cccc(S(C)(=O)=O)c3)cc12. The molecule has 0 aliphatic carbocycles. The summed E-state index contributed by atoms with van der Waals surface area (Å²) in [6.45, 7) is 1.87. The van der Waals surface area contributed by atoms with Crippen LogP contribution < -0.4 is 5.32 Å². The summed E-state index contributed by atoms with van der Waals surface area (Å²) >= 11 is 0. The normalized spacial score (nSPS) is 12.3. The van der Waals surface area contributed by atoms with E-state index in [0.29, 0.717) is 23.4 Å². The van der Waals surface area contributed by atoms with Crippen LogP contribution in [0.2, 0.25) is 0 Å². The van der Waals surface area contributed by atoms with Crippen LogP contribution in [-0.4, -0.2) is 30.8 Å². The molecule has 0 radical (unpaired) electrons. The molecule has 0 amide bonds. The van der Waals surface area contributed by atoms with Crippen molar-refractivity contribution >= 4 is 43.7 Å². The van der Waals surface area contributed by atoms with Gasteiger partial charge in [0.05, 0.1) is 16.1 Å². The van der Waals surface area contributed by atoms with Crippen LogP contribution in [0.5, 0.6) is 0 Å². The number of aromatic nitrogens is 2. The van der Waals surface area contributed by atoms with Crippen LogP contribution in [0.15, 0.2) is 53.4 Å². The van der Waals surface area contributed by atoms with Crippen molar-refractivity contribution in [2.24, 2.45) is 0 Å². The Labute approximate surface area is 156 Å². The fourth-order valence-corrected chi connectivity index (χ4v) is 3.47. The Morgan fingerprint density at radius 2 is 2.00 bits per heavy atom. The number of allylic oxidation sites excluding steroid dienone is 2. The van der Waals surface area contributed by atoms with Crippen LogP contribution in [0, 0.1) is 5.41 Å². The van der Waals surface area contributed by atoms with E-state index in [1.54, 1.807) is 24.3 Å². The van der Waals surface area contributed by atoms with Gasteiger partial charge in [-0.05, 0) is 54.5 Å². The summed E-state index contributed by atoms with van der Waals surface area (Å²) in [6, 6.07) is 12.1. The number of aromatic amines is 1. The lowest BCUT2D eigenvalue weighted by molar-refractivity contribution is 0.602. The first kappa shape index (κ1) is 18.8. The van der Waals surface area contributed by atoms with Gasteiger partial charge >= 0.3 is 0 Å². The largest absolute Gasteiger partial charge is 0.355 e. The van der Waals surface area contributed by atoms with E-state index in [4.69, 9.17) is 5.41 Å². The fourth-order valence-electron chi connectivity index (χ4n) is 2.80. The monoisotopic (exact) mass is 386 g/mol. The van der Waals surface area contributed by atoms with Crippen molar-refractivity contribution in [3.05, 3.63) is 54.2 Å². The Morgan fingerprint density at radius 1 is 1.26 bits per heavy atom. The lowest BCUT2D eigenvalue weighted by Crippen LogP contribution is -1.98. The minimum atomic E-state index is -3.29. The maximum absolute atomic E-state index is 13.0. The third kappa shape index (κ3) is 4.22. The number of sulfone groups is 1. The van der Waals surface area contributed by atoms with Crippen molar-refractivity contribution in [2.45, 2.75) is 18.2 Å². The van der Waals surface area contributed by atoms with E-state index < -0.39 is 15.8 Å². The van der Waals surface area contributed by atoms with Crippen molar-refractivity contribution in [2.75, 3.05) is 11.6 Å². The van der Waals surface area contributed by atoms with Crippen molar-refractivity contribution in [1.82, 2.24) is 10.2 Å². The number of nitrogens with zero attached hydrogens (tertiary/aromatic N) is 1. The second-order valence-electron chi connectivity index (χ2n) is 6.13. The number of H-pyrrole nitrogens is 1. The van der Waals surface area contributed by atoms with Gasteiger partial charge < -0.3 is 5.32 Å². The minimum Gasteiger partial charge on any atom is -0.355 e. The minimum absolute atomic E-state index is 0.232. The number of hydrogen-bond donors (Lipinski definition) is 3. The molecule has 27 heavy (non-hydrogen) atoms. The topological polar surface area (TPSA) is 98.7 Å². The maximum atomic E-state index is 13.0. The number of halogens is 1. The first-order valence-corrected chi connectivity index (χ1v) is 10.2. The first-order valence-electron chi connectivity index (χ1n) is 8.28.